The molecule has 7 heteroatoms. The number of pyridine rings is 1. The molecule has 3 rings (SSSR count). The summed E-state index contributed by atoms with van der Waals surface area (Å²) in [5.41, 5.74) is 0.860. The Morgan fingerprint density at radius 1 is 1.24 bits per heavy atom. The molecule has 0 amide bonds. The minimum absolute atomic E-state index is 0.0728. The van der Waals surface area contributed by atoms with E-state index in [1.54, 1.807) is 0 Å². The molecule has 1 aromatic heterocycles. The lowest BCUT2D eigenvalue weighted by Gasteiger charge is -2.25. The SMILES string of the molecule is CCOc1ccc([C@@H]2CCCN2Cn2cc([N+](=O)[O-])ccc2=O)cc1. The van der Waals surface area contributed by atoms with Crippen molar-refractivity contribution in [2.24, 2.45) is 0 Å². The van der Waals surface area contributed by atoms with Crippen molar-refractivity contribution in [3.63, 3.8) is 0 Å². The highest BCUT2D eigenvalue weighted by molar-refractivity contribution is 5.30. The first-order chi connectivity index (χ1) is 12.1. The van der Waals surface area contributed by atoms with Gasteiger partial charge in [-0.3, -0.25) is 24.4 Å². The van der Waals surface area contributed by atoms with E-state index in [-0.39, 0.29) is 17.3 Å². The Kier molecular flexibility index (Phi) is 5.14. The molecule has 1 aromatic carbocycles. The molecule has 132 valence electrons. The van der Waals surface area contributed by atoms with Crippen LogP contribution >= 0.6 is 0 Å². The molecule has 0 aliphatic carbocycles. The van der Waals surface area contributed by atoms with E-state index in [0.717, 1.165) is 25.1 Å². The van der Waals surface area contributed by atoms with Gasteiger partial charge in [0.2, 0.25) is 0 Å². The summed E-state index contributed by atoms with van der Waals surface area (Å²) in [4.78, 5) is 24.7. The second kappa shape index (κ2) is 7.48. The van der Waals surface area contributed by atoms with Crippen molar-refractivity contribution in [3.8, 4) is 5.75 Å². The third-order valence-corrected chi connectivity index (χ3v) is 4.45. The number of hydrogen-bond donors (Lipinski definition) is 0. The van der Waals surface area contributed by atoms with Gasteiger partial charge in [-0.05, 0) is 37.5 Å². The Bertz CT molecular complexity index is 801. The van der Waals surface area contributed by atoms with Gasteiger partial charge in [-0.2, -0.15) is 0 Å². The summed E-state index contributed by atoms with van der Waals surface area (Å²) >= 11 is 0. The van der Waals surface area contributed by atoms with Gasteiger partial charge in [-0.15, -0.1) is 0 Å². The molecule has 0 unspecified atom stereocenters. The quantitative estimate of drug-likeness (QED) is 0.595. The summed E-state index contributed by atoms with van der Waals surface area (Å²) in [5, 5.41) is 10.9. The van der Waals surface area contributed by atoms with Crippen molar-refractivity contribution in [3.05, 3.63) is 68.6 Å². The van der Waals surface area contributed by atoms with Crippen LogP contribution in [-0.2, 0) is 6.67 Å². The first-order valence-electron chi connectivity index (χ1n) is 8.40. The van der Waals surface area contributed by atoms with Gasteiger partial charge in [-0.1, -0.05) is 12.1 Å². The molecular weight excluding hydrogens is 322 g/mol. The van der Waals surface area contributed by atoms with Crippen LogP contribution in [0, 0.1) is 10.1 Å². The van der Waals surface area contributed by atoms with Gasteiger partial charge >= 0.3 is 0 Å². The van der Waals surface area contributed by atoms with Crippen molar-refractivity contribution in [2.45, 2.75) is 32.5 Å². The van der Waals surface area contributed by atoms with Gasteiger partial charge in [0.05, 0.1) is 24.4 Å². The number of benzene rings is 1. The molecule has 1 saturated heterocycles. The number of rotatable bonds is 6. The molecular formula is C18H21N3O4. The average Bonchev–Trinajstić information content (AvgIpc) is 3.06. The van der Waals surface area contributed by atoms with Crippen LogP contribution in [0.4, 0.5) is 5.69 Å². The monoisotopic (exact) mass is 343 g/mol. The van der Waals surface area contributed by atoms with Crippen molar-refractivity contribution in [1.82, 2.24) is 9.47 Å². The van der Waals surface area contributed by atoms with E-state index < -0.39 is 4.92 Å². The maximum absolute atomic E-state index is 12.0. The Hall–Kier alpha value is -2.67. The minimum atomic E-state index is -0.482. The highest BCUT2D eigenvalue weighted by atomic mass is 16.6. The first kappa shape index (κ1) is 17.2. The normalized spacial score (nSPS) is 17.6. The maximum Gasteiger partial charge on any atom is 0.285 e. The van der Waals surface area contributed by atoms with Crippen molar-refractivity contribution in [1.29, 1.82) is 0 Å². The highest BCUT2D eigenvalue weighted by Gasteiger charge is 2.26. The summed E-state index contributed by atoms with van der Waals surface area (Å²) in [5.74, 6) is 0.839. The minimum Gasteiger partial charge on any atom is -0.494 e. The number of nitrogens with zero attached hydrogens (tertiary/aromatic N) is 3. The number of likely N-dealkylation sites (tertiary alicyclic amines) is 1. The van der Waals surface area contributed by atoms with Gasteiger partial charge < -0.3 is 4.74 Å². The van der Waals surface area contributed by atoms with E-state index in [9.17, 15) is 14.9 Å². The molecule has 2 heterocycles. The van der Waals surface area contributed by atoms with E-state index in [1.165, 1.54) is 28.5 Å². The second-order valence-electron chi connectivity index (χ2n) is 6.07. The van der Waals surface area contributed by atoms with Gasteiger partial charge in [0, 0.05) is 24.7 Å². The average molecular weight is 343 g/mol. The number of aromatic nitrogens is 1. The van der Waals surface area contributed by atoms with Crippen LogP contribution in [0.15, 0.2) is 47.4 Å². The topological polar surface area (TPSA) is 77.6 Å². The van der Waals surface area contributed by atoms with Crippen molar-refractivity contribution >= 4 is 5.69 Å². The zero-order valence-electron chi connectivity index (χ0n) is 14.1. The number of ether oxygens (including phenoxy) is 1. The lowest BCUT2D eigenvalue weighted by atomic mass is 10.0. The van der Waals surface area contributed by atoms with Gasteiger partial charge in [0.15, 0.2) is 0 Å². The zero-order chi connectivity index (χ0) is 17.8. The molecule has 1 fully saturated rings. The molecule has 0 bridgehead atoms. The second-order valence-corrected chi connectivity index (χ2v) is 6.07. The van der Waals surface area contributed by atoms with Crippen LogP contribution in [0.3, 0.4) is 0 Å². The van der Waals surface area contributed by atoms with E-state index in [0.29, 0.717) is 13.3 Å². The van der Waals surface area contributed by atoms with Crippen LogP contribution < -0.4 is 10.3 Å². The van der Waals surface area contributed by atoms with E-state index in [4.69, 9.17) is 4.74 Å². The Morgan fingerprint density at radius 2 is 2.00 bits per heavy atom. The fraction of sp³-hybridized carbons (Fsp3) is 0.389. The summed E-state index contributed by atoms with van der Waals surface area (Å²) in [6.45, 7) is 3.78. The van der Waals surface area contributed by atoms with Crippen LogP contribution in [0.2, 0.25) is 0 Å². The third-order valence-electron chi connectivity index (χ3n) is 4.45. The molecule has 7 nitrogen and oxygen atoms in total. The lowest BCUT2D eigenvalue weighted by Crippen LogP contribution is -2.31. The highest BCUT2D eigenvalue weighted by Crippen LogP contribution is 2.33. The van der Waals surface area contributed by atoms with Gasteiger partial charge in [-0.25, -0.2) is 0 Å². The van der Waals surface area contributed by atoms with Crippen LogP contribution in [-0.4, -0.2) is 27.5 Å². The molecule has 1 aliphatic heterocycles. The zero-order valence-corrected chi connectivity index (χ0v) is 14.1. The summed E-state index contributed by atoms with van der Waals surface area (Å²) in [7, 11) is 0. The molecule has 1 atom stereocenters. The third kappa shape index (κ3) is 3.88. The summed E-state index contributed by atoms with van der Waals surface area (Å²) < 4.78 is 6.88. The van der Waals surface area contributed by atoms with Crippen LogP contribution in [0.1, 0.15) is 31.4 Å². The molecule has 1 aliphatic rings. The Morgan fingerprint density at radius 3 is 2.68 bits per heavy atom. The van der Waals surface area contributed by atoms with E-state index in [2.05, 4.69) is 4.90 Å². The summed E-state index contributed by atoms with van der Waals surface area (Å²) in [6.07, 6.45) is 3.34. The standard InChI is InChI=1S/C18H21N3O4/c1-2-25-16-8-5-14(6-9-16)17-4-3-11-19(17)13-20-12-15(21(23)24)7-10-18(20)22/h5-10,12,17H,2-4,11,13H2,1H3/t17-/m0/s1. The predicted molar refractivity (Wildman–Crippen MR) is 93.6 cm³/mol. The smallest absolute Gasteiger partial charge is 0.285 e. The fourth-order valence-electron chi connectivity index (χ4n) is 3.26. The summed E-state index contributed by atoms with van der Waals surface area (Å²) in [6, 6.07) is 10.7. The molecule has 0 spiro atoms. The van der Waals surface area contributed by atoms with E-state index >= 15 is 0 Å². The number of hydrogen-bond acceptors (Lipinski definition) is 5. The fourth-order valence-corrected chi connectivity index (χ4v) is 3.26. The largest absolute Gasteiger partial charge is 0.494 e. The molecule has 25 heavy (non-hydrogen) atoms. The predicted octanol–water partition coefficient (Wildman–Crippen LogP) is 2.95. The molecule has 0 radical (unpaired) electrons. The van der Waals surface area contributed by atoms with E-state index in [1.807, 2.05) is 31.2 Å². The van der Waals surface area contributed by atoms with Crippen LogP contribution in [0.25, 0.3) is 0 Å². The Balaban J connectivity index is 1.79. The Labute approximate surface area is 145 Å². The van der Waals surface area contributed by atoms with Crippen molar-refractivity contribution in [2.75, 3.05) is 13.2 Å². The lowest BCUT2D eigenvalue weighted by molar-refractivity contribution is -0.385. The van der Waals surface area contributed by atoms with Gasteiger partial charge in [0.25, 0.3) is 11.2 Å². The number of nitro groups is 1. The van der Waals surface area contributed by atoms with Gasteiger partial charge in [0.1, 0.15) is 5.75 Å². The molecule has 0 saturated carbocycles. The molecule has 0 N–H and O–H groups in total. The van der Waals surface area contributed by atoms with Crippen molar-refractivity contribution < 1.29 is 9.66 Å². The maximum atomic E-state index is 12.0. The molecule has 2 aromatic rings. The first-order valence-corrected chi connectivity index (χ1v) is 8.40. The van der Waals surface area contributed by atoms with Crippen LogP contribution in [0.5, 0.6) is 5.75 Å².